The lowest BCUT2D eigenvalue weighted by Gasteiger charge is -2.24. The molecule has 1 aromatic heterocycles. The summed E-state index contributed by atoms with van der Waals surface area (Å²) < 4.78 is 0. The minimum atomic E-state index is -0.489. The highest BCUT2D eigenvalue weighted by Crippen LogP contribution is 2.21. The molecule has 2 aromatic carbocycles. The van der Waals surface area contributed by atoms with Crippen molar-refractivity contribution in [3.63, 3.8) is 0 Å². The van der Waals surface area contributed by atoms with Crippen molar-refractivity contribution >= 4 is 5.91 Å². The Hall–Kier alpha value is -2.92. The highest BCUT2D eigenvalue weighted by Gasteiger charge is 2.23. The van der Waals surface area contributed by atoms with Gasteiger partial charge < -0.3 is 10.7 Å². The van der Waals surface area contributed by atoms with Crippen molar-refractivity contribution < 1.29 is 4.79 Å². The van der Waals surface area contributed by atoms with Gasteiger partial charge in [-0.05, 0) is 18.2 Å². The Kier molecular flexibility index (Phi) is 4.72. The number of aromatic nitrogens is 2. The van der Waals surface area contributed by atoms with Gasteiger partial charge in [0, 0.05) is 0 Å². The number of hydrogen-bond acceptors (Lipinski definition) is 3. The average Bonchev–Trinajstić information content (AvgIpc) is 3.05. The van der Waals surface area contributed by atoms with Crippen molar-refractivity contribution in [2.45, 2.75) is 12.6 Å². The van der Waals surface area contributed by atoms with E-state index in [2.05, 4.69) is 9.97 Å². The van der Waals surface area contributed by atoms with Gasteiger partial charge in [-0.15, -0.1) is 0 Å². The fourth-order valence-corrected chi connectivity index (χ4v) is 2.81. The Morgan fingerprint density at radius 3 is 2.38 bits per heavy atom. The highest BCUT2D eigenvalue weighted by molar-refractivity contribution is 5.81. The van der Waals surface area contributed by atoms with E-state index in [4.69, 9.17) is 5.73 Å². The van der Waals surface area contributed by atoms with Gasteiger partial charge >= 0.3 is 0 Å². The predicted octanol–water partition coefficient (Wildman–Crippen LogP) is 2.74. The fraction of sp³-hybridized carbons (Fsp3) is 0.158. The molecule has 3 rings (SSSR count). The molecular weight excluding hydrogens is 300 g/mol. The minimum absolute atomic E-state index is 0.376. The molecule has 24 heavy (non-hydrogen) atoms. The predicted molar refractivity (Wildman–Crippen MR) is 93.9 cm³/mol. The Bertz CT molecular complexity index is 799. The molecule has 0 unspecified atom stereocenters. The number of aromatic amines is 1. The van der Waals surface area contributed by atoms with Crippen molar-refractivity contribution in [2.75, 3.05) is 7.05 Å². The van der Waals surface area contributed by atoms with Crippen molar-refractivity contribution in [3.05, 3.63) is 78.2 Å². The number of nitrogens with two attached hydrogens (primary N) is 1. The maximum absolute atomic E-state index is 11.9. The van der Waals surface area contributed by atoms with Gasteiger partial charge in [-0.1, -0.05) is 60.7 Å². The van der Waals surface area contributed by atoms with Gasteiger partial charge in [-0.3, -0.25) is 9.69 Å². The lowest BCUT2D eigenvalue weighted by Crippen LogP contribution is -2.35. The van der Waals surface area contributed by atoms with E-state index >= 15 is 0 Å². The number of nitrogens with zero attached hydrogens (tertiary/aromatic N) is 2. The number of benzene rings is 2. The van der Waals surface area contributed by atoms with E-state index in [0.717, 1.165) is 22.6 Å². The first-order valence-corrected chi connectivity index (χ1v) is 7.79. The molecule has 0 aliphatic rings. The summed E-state index contributed by atoms with van der Waals surface area (Å²) in [6, 6.07) is 19.0. The molecule has 0 saturated carbocycles. The van der Waals surface area contributed by atoms with Gasteiger partial charge in [-0.25, -0.2) is 4.98 Å². The van der Waals surface area contributed by atoms with Crippen LogP contribution in [0.3, 0.4) is 0 Å². The zero-order valence-corrected chi connectivity index (χ0v) is 13.5. The van der Waals surface area contributed by atoms with Crippen LogP contribution in [0.5, 0.6) is 0 Å². The van der Waals surface area contributed by atoms with Gasteiger partial charge in [0.05, 0.1) is 18.4 Å². The molecule has 0 fully saturated rings. The molecule has 5 heteroatoms. The normalized spacial score (nSPS) is 12.2. The van der Waals surface area contributed by atoms with Crippen LogP contribution in [0.4, 0.5) is 0 Å². The smallest absolute Gasteiger partial charge is 0.239 e. The van der Waals surface area contributed by atoms with Crippen molar-refractivity contribution in [2.24, 2.45) is 5.73 Å². The van der Waals surface area contributed by atoms with Gasteiger partial charge in [0.15, 0.2) is 0 Å². The standard InChI is InChI=1S/C19H20N4O/c1-23(18(19(20)24)15-10-6-3-7-11-15)13-17-21-12-16(22-17)14-8-4-2-5-9-14/h2-12,18H,13H2,1H3,(H2,20,24)(H,21,22)/t18-/m1/s1. The molecule has 1 heterocycles. The molecule has 0 spiro atoms. The Morgan fingerprint density at radius 1 is 1.12 bits per heavy atom. The van der Waals surface area contributed by atoms with E-state index in [1.807, 2.05) is 72.6 Å². The zero-order chi connectivity index (χ0) is 16.9. The number of carbonyl (C=O) groups excluding carboxylic acids is 1. The molecule has 5 nitrogen and oxygen atoms in total. The monoisotopic (exact) mass is 320 g/mol. The number of H-pyrrole nitrogens is 1. The van der Waals surface area contributed by atoms with Crippen LogP contribution in [0.25, 0.3) is 11.3 Å². The fourth-order valence-electron chi connectivity index (χ4n) is 2.81. The number of imidazole rings is 1. The molecule has 0 radical (unpaired) electrons. The molecule has 122 valence electrons. The van der Waals surface area contributed by atoms with E-state index in [1.54, 1.807) is 6.20 Å². The third kappa shape index (κ3) is 3.52. The van der Waals surface area contributed by atoms with Gasteiger partial charge in [0.2, 0.25) is 5.91 Å². The third-order valence-electron chi connectivity index (χ3n) is 3.94. The maximum Gasteiger partial charge on any atom is 0.239 e. The van der Waals surface area contributed by atoms with Crippen LogP contribution < -0.4 is 5.73 Å². The van der Waals surface area contributed by atoms with Gasteiger partial charge in [-0.2, -0.15) is 0 Å². The largest absolute Gasteiger partial charge is 0.368 e. The van der Waals surface area contributed by atoms with Crippen molar-refractivity contribution in [3.8, 4) is 11.3 Å². The molecule has 1 amide bonds. The molecule has 0 aliphatic heterocycles. The summed E-state index contributed by atoms with van der Waals surface area (Å²) in [6.45, 7) is 0.495. The average molecular weight is 320 g/mol. The number of carbonyl (C=O) groups is 1. The number of likely N-dealkylation sites (N-methyl/N-ethyl adjacent to an activating group) is 1. The number of nitrogens with one attached hydrogen (secondary N) is 1. The molecule has 0 aliphatic carbocycles. The van der Waals surface area contributed by atoms with Crippen LogP contribution in [-0.4, -0.2) is 27.8 Å². The van der Waals surface area contributed by atoms with Gasteiger partial charge in [0.25, 0.3) is 0 Å². The molecule has 3 N–H and O–H groups in total. The second-order valence-electron chi connectivity index (χ2n) is 5.74. The molecule has 3 aromatic rings. The highest BCUT2D eigenvalue weighted by atomic mass is 16.1. The second kappa shape index (κ2) is 7.10. The summed E-state index contributed by atoms with van der Waals surface area (Å²) in [6.07, 6.45) is 1.81. The minimum Gasteiger partial charge on any atom is -0.368 e. The van der Waals surface area contributed by atoms with Gasteiger partial charge in [0.1, 0.15) is 11.9 Å². The van der Waals surface area contributed by atoms with Crippen LogP contribution in [0.2, 0.25) is 0 Å². The van der Waals surface area contributed by atoms with Crippen LogP contribution in [0.1, 0.15) is 17.4 Å². The number of hydrogen-bond donors (Lipinski definition) is 2. The van der Waals surface area contributed by atoms with Crippen LogP contribution in [-0.2, 0) is 11.3 Å². The summed E-state index contributed by atoms with van der Waals surface area (Å²) in [5.41, 5.74) is 8.52. The van der Waals surface area contributed by atoms with Crippen molar-refractivity contribution in [1.29, 1.82) is 0 Å². The first-order valence-electron chi connectivity index (χ1n) is 7.79. The quantitative estimate of drug-likeness (QED) is 0.733. The van der Waals surface area contributed by atoms with E-state index in [0.29, 0.717) is 6.54 Å². The Labute approximate surface area is 141 Å². The lowest BCUT2D eigenvalue weighted by atomic mass is 10.1. The molecular formula is C19H20N4O. The maximum atomic E-state index is 11.9. The lowest BCUT2D eigenvalue weighted by molar-refractivity contribution is -0.123. The van der Waals surface area contributed by atoms with E-state index in [9.17, 15) is 4.79 Å². The molecule has 0 saturated heterocycles. The first-order chi connectivity index (χ1) is 11.6. The van der Waals surface area contributed by atoms with E-state index in [-0.39, 0.29) is 5.91 Å². The summed E-state index contributed by atoms with van der Waals surface area (Å²) in [7, 11) is 1.87. The topological polar surface area (TPSA) is 75.0 Å². The third-order valence-corrected chi connectivity index (χ3v) is 3.94. The Balaban J connectivity index is 1.77. The summed E-state index contributed by atoms with van der Waals surface area (Å²) in [5.74, 6) is 0.414. The summed E-state index contributed by atoms with van der Waals surface area (Å²) >= 11 is 0. The van der Waals surface area contributed by atoms with Crippen LogP contribution in [0, 0.1) is 0 Å². The van der Waals surface area contributed by atoms with Crippen LogP contribution in [0.15, 0.2) is 66.9 Å². The van der Waals surface area contributed by atoms with Crippen LogP contribution >= 0.6 is 0 Å². The number of amides is 1. The molecule has 1 atom stereocenters. The second-order valence-corrected chi connectivity index (χ2v) is 5.74. The number of rotatable bonds is 6. The zero-order valence-electron chi connectivity index (χ0n) is 13.5. The van der Waals surface area contributed by atoms with E-state index < -0.39 is 6.04 Å². The molecule has 0 bridgehead atoms. The summed E-state index contributed by atoms with van der Waals surface area (Å²) in [5, 5.41) is 0. The van der Waals surface area contributed by atoms with E-state index in [1.165, 1.54) is 0 Å². The Morgan fingerprint density at radius 2 is 1.75 bits per heavy atom. The number of primary amides is 1. The SMILES string of the molecule is CN(Cc1ncc(-c2ccccc2)[nH]1)[C@@H](C(N)=O)c1ccccc1. The summed E-state index contributed by atoms with van der Waals surface area (Å²) in [4.78, 5) is 21.5. The first kappa shape index (κ1) is 16.0. The van der Waals surface area contributed by atoms with Crippen molar-refractivity contribution in [1.82, 2.24) is 14.9 Å².